The molecule has 0 aliphatic carbocycles. The summed E-state index contributed by atoms with van der Waals surface area (Å²) in [5, 5.41) is 11.5. The maximum Gasteiger partial charge on any atom is 0.284 e. The van der Waals surface area contributed by atoms with Gasteiger partial charge in [0.2, 0.25) is 0 Å². The van der Waals surface area contributed by atoms with Gasteiger partial charge in [0.25, 0.3) is 22.6 Å². The summed E-state index contributed by atoms with van der Waals surface area (Å²) in [7, 11) is 8.65. The molecule has 1 aliphatic rings. The molecule has 0 bridgehead atoms. The summed E-state index contributed by atoms with van der Waals surface area (Å²) in [6.45, 7) is 0. The van der Waals surface area contributed by atoms with Crippen molar-refractivity contribution in [3.05, 3.63) is 0 Å². The summed E-state index contributed by atoms with van der Waals surface area (Å²) >= 11 is 0. The smallest absolute Gasteiger partial charge is 0.284 e. The standard InChI is InChI=1S/B3H3N3.H10N2Si3/c1-4-2-6-3-5-1;3-1-2(4)5/h4-6H;1H,3-5H3. The van der Waals surface area contributed by atoms with Crippen molar-refractivity contribution < 1.29 is 0 Å². The van der Waals surface area contributed by atoms with Gasteiger partial charge in [-0.1, -0.05) is 0 Å². The molecule has 1 saturated heterocycles. The van der Waals surface area contributed by atoms with E-state index in [4.69, 9.17) is 0 Å². The van der Waals surface area contributed by atoms with Crippen LogP contribution in [0.3, 0.4) is 0 Å². The Morgan fingerprint density at radius 2 is 1.27 bits per heavy atom. The van der Waals surface area contributed by atoms with Gasteiger partial charge in [-0.15, -0.1) is 0 Å². The lowest BCUT2D eigenvalue weighted by Crippen LogP contribution is -2.55. The van der Waals surface area contributed by atoms with E-state index < -0.39 is 0 Å². The third-order valence-corrected chi connectivity index (χ3v) is 4.52. The molecule has 0 atom stereocenters. The SMILES string of the molecule is [B]1N[B]N[B]N1.[SiH3]NN([SiH3])[SiH3]. The summed E-state index contributed by atoms with van der Waals surface area (Å²) in [5.41, 5.74) is 0. The third kappa shape index (κ3) is 10.6. The van der Waals surface area contributed by atoms with E-state index in [9.17, 15) is 0 Å². The van der Waals surface area contributed by atoms with Crippen LogP contribution in [-0.2, 0) is 0 Å². The Morgan fingerprint density at radius 1 is 1.00 bits per heavy atom. The predicted molar refractivity (Wildman–Crippen MR) is 61.5 cm³/mol. The normalized spacial score (nSPS) is 16.1. The van der Waals surface area contributed by atoms with Gasteiger partial charge in [-0.2, -0.15) is 0 Å². The number of hydrazine groups is 1. The molecule has 4 N–H and O–H groups in total. The molecule has 0 unspecified atom stereocenters. The van der Waals surface area contributed by atoms with Gasteiger partial charge in [0.15, 0.2) is 0 Å². The van der Waals surface area contributed by atoms with Crippen molar-refractivity contribution in [1.82, 2.24) is 24.8 Å². The Kier molecular flexibility index (Phi) is 9.25. The van der Waals surface area contributed by atoms with Crippen molar-refractivity contribution in [2.75, 3.05) is 0 Å². The Balaban J connectivity index is 0.000000187. The Bertz CT molecular complexity index is 65.9. The molecular formula is H13B3N5Si3. The first kappa shape index (κ1) is 11.6. The van der Waals surface area contributed by atoms with Crippen molar-refractivity contribution in [3.8, 4) is 0 Å². The Morgan fingerprint density at radius 3 is 1.36 bits per heavy atom. The second-order valence-corrected chi connectivity index (χ2v) is 6.97. The van der Waals surface area contributed by atoms with Crippen LogP contribution in [-0.4, -0.2) is 58.2 Å². The minimum Gasteiger partial charge on any atom is -0.379 e. The molecule has 0 amide bonds. The monoisotopic (exact) mass is 200 g/mol. The summed E-state index contributed by atoms with van der Waals surface area (Å²) in [5.74, 6) is 0. The average Bonchev–Trinajstić information content (AvgIpc) is 2.09. The first-order valence-corrected chi connectivity index (χ1v) is 6.14. The van der Waals surface area contributed by atoms with E-state index in [1.54, 1.807) is 22.6 Å². The highest BCUT2D eigenvalue weighted by atomic mass is 28.2. The summed E-state index contributed by atoms with van der Waals surface area (Å²) in [6.07, 6.45) is 0. The molecule has 1 fully saturated rings. The van der Waals surface area contributed by atoms with Gasteiger partial charge in [0.05, 0.1) is 31.2 Å². The largest absolute Gasteiger partial charge is 0.379 e. The van der Waals surface area contributed by atoms with Crippen molar-refractivity contribution in [3.63, 3.8) is 0 Å². The van der Waals surface area contributed by atoms with Crippen LogP contribution in [0, 0.1) is 0 Å². The van der Waals surface area contributed by atoms with Crippen molar-refractivity contribution in [2.24, 2.45) is 0 Å². The van der Waals surface area contributed by atoms with Crippen LogP contribution in [0.25, 0.3) is 0 Å². The minimum atomic E-state index is 1.12. The molecule has 11 heavy (non-hydrogen) atoms. The molecule has 1 rings (SSSR count). The first-order chi connectivity index (χ1) is 5.27. The first-order valence-electron chi connectivity index (χ1n) is 3.35. The molecule has 59 valence electrons. The average molecular weight is 200 g/mol. The van der Waals surface area contributed by atoms with Crippen LogP contribution in [0.4, 0.5) is 0 Å². The summed E-state index contributed by atoms with van der Waals surface area (Å²) < 4.78 is 2.21. The van der Waals surface area contributed by atoms with Gasteiger partial charge in [-0.3, -0.25) is 0 Å². The molecule has 0 spiro atoms. The zero-order valence-electron chi connectivity index (χ0n) is 7.18. The van der Waals surface area contributed by atoms with Gasteiger partial charge >= 0.3 is 0 Å². The molecule has 3 radical (unpaired) electrons. The topological polar surface area (TPSA) is 51.4 Å². The number of hydrogen-bond acceptors (Lipinski definition) is 5. The number of nitrogens with one attached hydrogen (secondary N) is 4. The molecule has 1 heterocycles. The highest BCUT2D eigenvalue weighted by molar-refractivity contribution is 6.65. The molecule has 0 saturated carbocycles. The molecule has 0 aromatic rings. The van der Waals surface area contributed by atoms with Crippen LogP contribution < -0.4 is 20.5 Å². The highest BCUT2D eigenvalue weighted by Gasteiger charge is 1.98. The third-order valence-electron chi connectivity index (χ3n) is 0.947. The van der Waals surface area contributed by atoms with Gasteiger partial charge < -0.3 is 24.8 Å². The van der Waals surface area contributed by atoms with Crippen LogP contribution >= 0.6 is 0 Å². The number of nitrogens with zero attached hydrogens (tertiary/aromatic N) is 1. The molecule has 11 heteroatoms. The Labute approximate surface area is 79.2 Å². The van der Waals surface area contributed by atoms with Gasteiger partial charge in [-0.25, -0.2) is 0 Å². The van der Waals surface area contributed by atoms with E-state index in [1.807, 2.05) is 0 Å². The molecule has 5 nitrogen and oxygen atoms in total. The van der Waals surface area contributed by atoms with E-state index in [2.05, 4.69) is 24.8 Å². The minimum absolute atomic E-state index is 1.12. The summed E-state index contributed by atoms with van der Waals surface area (Å²) in [4.78, 5) is 0. The fraction of sp³-hybridized carbons (Fsp3) is 0. The second kappa shape index (κ2) is 8.74. The van der Waals surface area contributed by atoms with E-state index >= 15 is 0 Å². The van der Waals surface area contributed by atoms with Crippen LogP contribution in [0.15, 0.2) is 0 Å². The maximum atomic E-state index is 3.12. The molecule has 0 aromatic heterocycles. The fourth-order valence-electron chi connectivity index (χ4n) is 0.269. The lowest BCUT2D eigenvalue weighted by molar-refractivity contribution is 0.676. The lowest BCUT2D eigenvalue weighted by atomic mass is 9.85. The predicted octanol–water partition coefficient (Wildman–Crippen LogP) is -6.99. The van der Waals surface area contributed by atoms with Crippen molar-refractivity contribution in [1.29, 1.82) is 0 Å². The number of hydrogen-bond donors (Lipinski definition) is 4. The lowest BCUT2D eigenvalue weighted by Gasteiger charge is -2.07. The highest BCUT2D eigenvalue weighted by Crippen LogP contribution is 1.47. The van der Waals surface area contributed by atoms with Crippen LogP contribution in [0.5, 0.6) is 0 Å². The van der Waals surface area contributed by atoms with E-state index in [-0.39, 0.29) is 0 Å². The quantitative estimate of drug-likeness (QED) is 0.250. The number of rotatable bonds is 1. The van der Waals surface area contributed by atoms with E-state index in [0.29, 0.717) is 0 Å². The van der Waals surface area contributed by atoms with Crippen LogP contribution in [0.1, 0.15) is 0 Å². The second-order valence-electron chi connectivity index (χ2n) is 2.05. The maximum absolute atomic E-state index is 3.12. The van der Waals surface area contributed by atoms with Gasteiger partial charge in [0, 0.05) is 0 Å². The summed E-state index contributed by atoms with van der Waals surface area (Å²) in [6, 6.07) is 0. The molecule has 0 aromatic carbocycles. The Hall–Kier alpha value is 0.645. The van der Waals surface area contributed by atoms with Crippen molar-refractivity contribution >= 4 is 53.9 Å². The van der Waals surface area contributed by atoms with Gasteiger partial charge in [-0.05, 0) is 0 Å². The van der Waals surface area contributed by atoms with E-state index in [1.165, 1.54) is 20.8 Å². The zero-order valence-corrected chi connectivity index (χ0v) is 13.2. The van der Waals surface area contributed by atoms with Crippen molar-refractivity contribution in [2.45, 2.75) is 0 Å². The fourth-order valence-corrected chi connectivity index (χ4v) is 0.269. The van der Waals surface area contributed by atoms with Gasteiger partial charge in [0.1, 0.15) is 0 Å². The molecule has 1 aliphatic heterocycles. The zero-order chi connectivity index (χ0) is 8.53. The molecular weight excluding hydrogens is 187 g/mol. The van der Waals surface area contributed by atoms with Crippen LogP contribution in [0.2, 0.25) is 0 Å². The van der Waals surface area contributed by atoms with E-state index in [0.717, 1.165) is 10.4 Å².